The first-order valence-electron chi connectivity index (χ1n) is 8.96. The van der Waals surface area contributed by atoms with Crippen LogP contribution in [0.4, 0.5) is 0 Å². The molecule has 0 aromatic carbocycles. The van der Waals surface area contributed by atoms with Crippen molar-refractivity contribution in [3.63, 3.8) is 0 Å². The second-order valence-corrected chi connectivity index (χ2v) is 6.41. The van der Waals surface area contributed by atoms with E-state index in [4.69, 9.17) is 9.47 Å². The summed E-state index contributed by atoms with van der Waals surface area (Å²) in [5, 5.41) is 0. The number of methoxy groups -OCH3 is 1. The summed E-state index contributed by atoms with van der Waals surface area (Å²) < 4.78 is 12.0. The van der Waals surface area contributed by atoms with E-state index < -0.39 is 0 Å². The van der Waals surface area contributed by atoms with Gasteiger partial charge in [-0.15, -0.1) is 0 Å². The van der Waals surface area contributed by atoms with Crippen molar-refractivity contribution >= 4 is 0 Å². The van der Waals surface area contributed by atoms with Gasteiger partial charge < -0.3 is 9.47 Å². The molecule has 2 nitrogen and oxygen atoms in total. The second-order valence-electron chi connectivity index (χ2n) is 6.41. The Kier molecular flexibility index (Phi) is 10.4. The Morgan fingerprint density at radius 3 is 2.10 bits per heavy atom. The highest BCUT2D eigenvalue weighted by Gasteiger charge is 2.23. The maximum atomic E-state index is 6.25. The van der Waals surface area contributed by atoms with Crippen LogP contribution in [-0.2, 0) is 9.47 Å². The Morgan fingerprint density at radius 2 is 1.50 bits per heavy atom. The quantitative estimate of drug-likeness (QED) is 0.598. The molecule has 0 spiro atoms. The minimum Gasteiger partial charge on any atom is -0.381 e. The van der Waals surface area contributed by atoms with Gasteiger partial charge in [0.15, 0.2) is 0 Å². The number of rotatable bonds is 8. The number of hydrogen-bond donors (Lipinski definition) is 0. The Bertz CT molecular complexity index is 211. The van der Waals surface area contributed by atoms with Crippen LogP contribution in [0.2, 0.25) is 0 Å². The van der Waals surface area contributed by atoms with E-state index in [-0.39, 0.29) is 0 Å². The van der Waals surface area contributed by atoms with Crippen molar-refractivity contribution in [3.05, 3.63) is 0 Å². The van der Waals surface area contributed by atoms with E-state index in [1.807, 2.05) is 7.11 Å². The summed E-state index contributed by atoms with van der Waals surface area (Å²) in [7, 11) is 1.88. The van der Waals surface area contributed by atoms with Crippen LogP contribution in [0, 0.1) is 5.92 Å². The first kappa shape index (κ1) is 18.0. The van der Waals surface area contributed by atoms with Crippen molar-refractivity contribution in [2.75, 3.05) is 13.7 Å². The largest absolute Gasteiger partial charge is 0.381 e. The lowest BCUT2D eigenvalue weighted by atomic mass is 9.94. The van der Waals surface area contributed by atoms with Gasteiger partial charge >= 0.3 is 0 Å². The van der Waals surface area contributed by atoms with Gasteiger partial charge in [0.25, 0.3) is 0 Å². The Hall–Kier alpha value is -0.0800. The smallest absolute Gasteiger partial charge is 0.0621 e. The molecule has 2 heteroatoms. The van der Waals surface area contributed by atoms with Crippen molar-refractivity contribution in [2.24, 2.45) is 5.92 Å². The zero-order chi connectivity index (χ0) is 14.6. The zero-order valence-electron chi connectivity index (χ0n) is 14.0. The molecule has 0 bridgehead atoms. The normalized spacial score (nSPS) is 25.2. The molecule has 0 radical (unpaired) electrons. The molecule has 0 N–H and O–H groups in total. The van der Waals surface area contributed by atoms with Gasteiger partial charge in [-0.2, -0.15) is 0 Å². The Morgan fingerprint density at radius 1 is 0.900 bits per heavy atom. The van der Waals surface area contributed by atoms with Crippen LogP contribution in [0.25, 0.3) is 0 Å². The molecule has 20 heavy (non-hydrogen) atoms. The van der Waals surface area contributed by atoms with Crippen LogP contribution < -0.4 is 0 Å². The lowest BCUT2D eigenvalue weighted by Crippen LogP contribution is -2.29. The van der Waals surface area contributed by atoms with Gasteiger partial charge in [-0.25, -0.2) is 0 Å². The fourth-order valence-corrected chi connectivity index (χ4v) is 3.42. The third kappa shape index (κ3) is 7.08. The highest BCUT2D eigenvalue weighted by molar-refractivity contribution is 4.73. The maximum Gasteiger partial charge on any atom is 0.0621 e. The topological polar surface area (TPSA) is 18.5 Å². The molecule has 0 aliphatic heterocycles. The third-order valence-electron chi connectivity index (χ3n) is 4.66. The van der Waals surface area contributed by atoms with E-state index in [0.29, 0.717) is 18.1 Å². The van der Waals surface area contributed by atoms with Crippen molar-refractivity contribution < 1.29 is 9.47 Å². The van der Waals surface area contributed by atoms with E-state index in [0.717, 1.165) is 6.61 Å². The standard InChI is InChI=1S/C18H36O2/c1-4-11-17(12-5-2)20-15-16-13-9-7-6-8-10-14-18(16)19-3/h16-18H,4-15H2,1-3H3. The van der Waals surface area contributed by atoms with Crippen LogP contribution in [0.3, 0.4) is 0 Å². The van der Waals surface area contributed by atoms with Crippen LogP contribution in [0.15, 0.2) is 0 Å². The van der Waals surface area contributed by atoms with Gasteiger partial charge in [-0.1, -0.05) is 58.8 Å². The summed E-state index contributed by atoms with van der Waals surface area (Å²) >= 11 is 0. The molecule has 1 saturated carbocycles. The summed E-state index contributed by atoms with van der Waals surface area (Å²) in [6.45, 7) is 5.41. The molecule has 2 atom stereocenters. The van der Waals surface area contributed by atoms with E-state index in [1.54, 1.807) is 0 Å². The van der Waals surface area contributed by atoms with E-state index in [1.165, 1.54) is 70.6 Å². The van der Waals surface area contributed by atoms with E-state index in [9.17, 15) is 0 Å². The summed E-state index contributed by atoms with van der Waals surface area (Å²) in [5.41, 5.74) is 0. The highest BCUT2D eigenvalue weighted by atomic mass is 16.5. The van der Waals surface area contributed by atoms with E-state index in [2.05, 4.69) is 13.8 Å². The van der Waals surface area contributed by atoms with Crippen molar-refractivity contribution in [1.82, 2.24) is 0 Å². The Labute approximate surface area is 126 Å². The van der Waals surface area contributed by atoms with Gasteiger partial charge in [0.05, 0.1) is 18.8 Å². The average molecular weight is 284 g/mol. The van der Waals surface area contributed by atoms with Gasteiger partial charge in [-0.05, 0) is 25.7 Å². The molecule has 0 aromatic heterocycles. The molecule has 0 aromatic rings. The van der Waals surface area contributed by atoms with Crippen LogP contribution in [0.1, 0.15) is 84.5 Å². The molecule has 120 valence electrons. The van der Waals surface area contributed by atoms with Crippen molar-refractivity contribution in [1.29, 1.82) is 0 Å². The minimum atomic E-state index is 0.414. The fourth-order valence-electron chi connectivity index (χ4n) is 3.42. The molecule has 2 unspecified atom stereocenters. The third-order valence-corrected chi connectivity index (χ3v) is 4.66. The summed E-state index contributed by atoms with van der Waals surface area (Å²) in [6, 6.07) is 0. The monoisotopic (exact) mass is 284 g/mol. The summed E-state index contributed by atoms with van der Waals surface area (Å²) in [6.07, 6.45) is 15.1. The highest BCUT2D eigenvalue weighted by Crippen LogP contribution is 2.25. The molecule has 0 heterocycles. The molecule has 0 saturated heterocycles. The molecular weight excluding hydrogens is 248 g/mol. The fraction of sp³-hybridized carbons (Fsp3) is 1.00. The first-order chi connectivity index (χ1) is 9.81. The van der Waals surface area contributed by atoms with Crippen LogP contribution in [-0.4, -0.2) is 25.9 Å². The number of hydrogen-bond acceptors (Lipinski definition) is 2. The SMILES string of the molecule is CCCC(CCC)OCC1CCCCCCCC1OC. The first-order valence-corrected chi connectivity index (χ1v) is 8.96. The predicted octanol–water partition coefficient (Wildman–Crippen LogP) is 5.35. The Balaban J connectivity index is 2.45. The summed E-state index contributed by atoms with van der Waals surface area (Å²) in [5.74, 6) is 0.606. The lowest BCUT2D eigenvalue weighted by molar-refractivity contribution is -0.0368. The number of ether oxygens (including phenoxy) is 2. The molecule has 1 aliphatic carbocycles. The minimum absolute atomic E-state index is 0.414. The summed E-state index contributed by atoms with van der Waals surface area (Å²) in [4.78, 5) is 0. The maximum absolute atomic E-state index is 6.25. The molecular formula is C18H36O2. The van der Waals surface area contributed by atoms with Crippen molar-refractivity contribution in [2.45, 2.75) is 96.7 Å². The average Bonchev–Trinajstić information content (AvgIpc) is 2.56. The molecule has 1 rings (SSSR count). The van der Waals surface area contributed by atoms with Gasteiger partial charge in [-0.3, -0.25) is 0 Å². The zero-order valence-corrected chi connectivity index (χ0v) is 14.0. The van der Waals surface area contributed by atoms with Crippen LogP contribution in [0.5, 0.6) is 0 Å². The van der Waals surface area contributed by atoms with E-state index >= 15 is 0 Å². The lowest BCUT2D eigenvalue weighted by Gasteiger charge is -2.27. The predicted molar refractivity (Wildman–Crippen MR) is 86.2 cm³/mol. The molecule has 1 fully saturated rings. The second kappa shape index (κ2) is 11.6. The van der Waals surface area contributed by atoms with Crippen LogP contribution >= 0.6 is 0 Å². The molecule has 1 aliphatic rings. The van der Waals surface area contributed by atoms with Crippen molar-refractivity contribution in [3.8, 4) is 0 Å². The molecule has 0 amide bonds. The van der Waals surface area contributed by atoms with Gasteiger partial charge in [0.2, 0.25) is 0 Å². The van der Waals surface area contributed by atoms with Gasteiger partial charge in [0.1, 0.15) is 0 Å². The van der Waals surface area contributed by atoms with Gasteiger partial charge in [0, 0.05) is 13.0 Å².